The zero-order valence-electron chi connectivity index (χ0n) is 13.0. The van der Waals surface area contributed by atoms with E-state index in [4.69, 9.17) is 9.40 Å². The highest BCUT2D eigenvalue weighted by Crippen LogP contribution is 2.44. The van der Waals surface area contributed by atoms with Gasteiger partial charge in [0, 0.05) is 24.4 Å². The molecule has 1 saturated carbocycles. The van der Waals surface area contributed by atoms with E-state index in [1.54, 1.807) is 0 Å². The average Bonchev–Trinajstić information content (AvgIpc) is 3.09. The van der Waals surface area contributed by atoms with E-state index in [0.29, 0.717) is 5.92 Å². The lowest BCUT2D eigenvalue weighted by Crippen LogP contribution is -2.15. The van der Waals surface area contributed by atoms with Crippen molar-refractivity contribution in [3.63, 3.8) is 0 Å². The first-order valence-electron chi connectivity index (χ1n) is 7.64. The van der Waals surface area contributed by atoms with Gasteiger partial charge < -0.3 is 14.6 Å². The predicted octanol–water partition coefficient (Wildman–Crippen LogP) is 3.67. The van der Waals surface area contributed by atoms with Gasteiger partial charge in [-0.05, 0) is 38.4 Å². The maximum Gasteiger partial charge on any atom is 0.185 e. The van der Waals surface area contributed by atoms with Crippen LogP contribution < -0.4 is 10.2 Å². The molecule has 1 aliphatic carbocycles. The Morgan fingerprint density at radius 3 is 2.86 bits per heavy atom. The number of hydrogen-bond donors (Lipinski definition) is 1. The van der Waals surface area contributed by atoms with Gasteiger partial charge in [-0.25, -0.2) is 4.98 Å². The Morgan fingerprint density at radius 1 is 1.43 bits per heavy atom. The zero-order valence-corrected chi connectivity index (χ0v) is 13.8. The van der Waals surface area contributed by atoms with Crippen LogP contribution in [-0.2, 0) is 13.1 Å². The molecule has 0 bridgehead atoms. The van der Waals surface area contributed by atoms with Crippen LogP contribution in [0.25, 0.3) is 0 Å². The van der Waals surface area contributed by atoms with Gasteiger partial charge in [0.1, 0.15) is 11.5 Å². The number of aromatic nitrogens is 1. The molecule has 3 rings (SSSR count). The lowest BCUT2D eigenvalue weighted by molar-refractivity contribution is 0.481. The molecule has 1 aliphatic rings. The fourth-order valence-electron chi connectivity index (χ4n) is 2.43. The number of aryl methyl sites for hydroxylation is 1. The zero-order chi connectivity index (χ0) is 14.8. The van der Waals surface area contributed by atoms with Gasteiger partial charge in [0.05, 0.1) is 12.2 Å². The lowest BCUT2D eigenvalue weighted by atomic mass is 10.2. The van der Waals surface area contributed by atoms with Crippen LogP contribution >= 0.6 is 11.3 Å². The Hall–Kier alpha value is -1.33. The molecule has 0 aliphatic heterocycles. The van der Waals surface area contributed by atoms with Crippen molar-refractivity contribution in [2.24, 2.45) is 0 Å². The predicted molar refractivity (Wildman–Crippen MR) is 87.0 cm³/mol. The Morgan fingerprint density at radius 2 is 2.24 bits per heavy atom. The van der Waals surface area contributed by atoms with Crippen LogP contribution in [0.5, 0.6) is 0 Å². The molecule has 5 heteroatoms. The highest BCUT2D eigenvalue weighted by molar-refractivity contribution is 7.15. The molecule has 2 aromatic heterocycles. The maximum absolute atomic E-state index is 5.66. The van der Waals surface area contributed by atoms with Crippen molar-refractivity contribution < 1.29 is 4.42 Å². The summed E-state index contributed by atoms with van der Waals surface area (Å²) in [6.45, 7) is 6.83. The smallest absolute Gasteiger partial charge is 0.185 e. The summed E-state index contributed by atoms with van der Waals surface area (Å²) in [7, 11) is 2.09. The first kappa shape index (κ1) is 14.6. The van der Waals surface area contributed by atoms with Gasteiger partial charge in [-0.15, -0.1) is 11.3 Å². The van der Waals surface area contributed by atoms with Crippen LogP contribution in [0.2, 0.25) is 0 Å². The molecule has 4 nitrogen and oxygen atoms in total. The van der Waals surface area contributed by atoms with Gasteiger partial charge >= 0.3 is 0 Å². The standard InChI is InChI=1S/C16H23N3OS/c1-4-17-9-14-15(12-6-7-12)18-16(21-14)19(3)10-13-8-5-11(2)20-13/h5,8,12,17H,4,6-7,9-10H2,1-3H3. The maximum atomic E-state index is 5.66. The molecule has 0 saturated heterocycles. The van der Waals surface area contributed by atoms with Gasteiger partial charge in [-0.3, -0.25) is 0 Å². The van der Waals surface area contributed by atoms with Crippen LogP contribution in [0, 0.1) is 6.92 Å². The van der Waals surface area contributed by atoms with Crippen molar-refractivity contribution in [3.8, 4) is 0 Å². The van der Waals surface area contributed by atoms with E-state index in [1.807, 2.05) is 30.4 Å². The van der Waals surface area contributed by atoms with Crippen LogP contribution in [-0.4, -0.2) is 18.6 Å². The third-order valence-corrected chi connectivity index (χ3v) is 4.92. The summed E-state index contributed by atoms with van der Waals surface area (Å²) in [6.07, 6.45) is 2.59. The first-order chi connectivity index (χ1) is 10.2. The molecular formula is C16H23N3OS. The number of furan rings is 1. The Kier molecular flexibility index (Phi) is 4.31. The highest BCUT2D eigenvalue weighted by atomic mass is 32.1. The molecule has 114 valence electrons. The summed E-state index contributed by atoms with van der Waals surface area (Å²) < 4.78 is 5.66. The number of nitrogens with zero attached hydrogens (tertiary/aromatic N) is 2. The number of thiazole rings is 1. The molecule has 0 unspecified atom stereocenters. The minimum atomic E-state index is 0.697. The van der Waals surface area contributed by atoms with Crippen LogP contribution in [0.1, 0.15) is 47.8 Å². The Balaban J connectivity index is 1.74. The van der Waals surface area contributed by atoms with Crippen molar-refractivity contribution in [2.45, 2.75) is 45.7 Å². The van der Waals surface area contributed by atoms with E-state index < -0.39 is 0 Å². The Bertz CT molecular complexity index is 600. The second-order valence-corrected chi connectivity index (χ2v) is 6.79. The summed E-state index contributed by atoms with van der Waals surface area (Å²) in [6, 6.07) is 4.05. The molecule has 0 aromatic carbocycles. The van der Waals surface area contributed by atoms with Crippen molar-refractivity contribution in [3.05, 3.63) is 34.2 Å². The molecule has 2 heterocycles. The van der Waals surface area contributed by atoms with E-state index in [9.17, 15) is 0 Å². The molecule has 0 amide bonds. The number of nitrogens with one attached hydrogen (secondary N) is 1. The summed E-state index contributed by atoms with van der Waals surface area (Å²) in [5.74, 6) is 2.65. The summed E-state index contributed by atoms with van der Waals surface area (Å²) >= 11 is 1.81. The minimum absolute atomic E-state index is 0.697. The molecule has 2 aromatic rings. The van der Waals surface area contributed by atoms with Gasteiger partial charge in [0.15, 0.2) is 5.13 Å². The fraction of sp³-hybridized carbons (Fsp3) is 0.562. The molecular weight excluding hydrogens is 282 g/mol. The second kappa shape index (κ2) is 6.20. The third kappa shape index (κ3) is 3.47. The second-order valence-electron chi connectivity index (χ2n) is 5.73. The van der Waals surface area contributed by atoms with E-state index >= 15 is 0 Å². The molecule has 1 fully saturated rings. The van der Waals surface area contributed by atoms with Gasteiger partial charge in [-0.1, -0.05) is 6.92 Å². The van der Waals surface area contributed by atoms with Gasteiger partial charge in [0.2, 0.25) is 0 Å². The SMILES string of the molecule is CCNCc1sc(N(C)Cc2ccc(C)o2)nc1C1CC1. The van der Waals surface area contributed by atoms with Crippen LogP contribution in [0.15, 0.2) is 16.5 Å². The van der Waals surface area contributed by atoms with Crippen molar-refractivity contribution in [1.82, 2.24) is 10.3 Å². The highest BCUT2D eigenvalue weighted by Gasteiger charge is 2.30. The average molecular weight is 305 g/mol. The van der Waals surface area contributed by atoms with E-state index in [-0.39, 0.29) is 0 Å². The van der Waals surface area contributed by atoms with Gasteiger partial charge in [0.25, 0.3) is 0 Å². The summed E-state index contributed by atoms with van der Waals surface area (Å²) in [4.78, 5) is 8.48. The molecule has 0 spiro atoms. The third-order valence-electron chi connectivity index (χ3n) is 3.73. The fourth-order valence-corrected chi connectivity index (χ4v) is 3.50. The van der Waals surface area contributed by atoms with Crippen molar-refractivity contribution >= 4 is 16.5 Å². The number of anilines is 1. The van der Waals surface area contributed by atoms with Crippen LogP contribution in [0.3, 0.4) is 0 Å². The molecule has 21 heavy (non-hydrogen) atoms. The van der Waals surface area contributed by atoms with E-state index in [0.717, 1.165) is 36.3 Å². The summed E-state index contributed by atoms with van der Waals surface area (Å²) in [5, 5.41) is 4.52. The van der Waals surface area contributed by atoms with Crippen molar-refractivity contribution in [1.29, 1.82) is 0 Å². The summed E-state index contributed by atoms with van der Waals surface area (Å²) in [5.41, 5.74) is 1.32. The minimum Gasteiger partial charge on any atom is -0.464 e. The van der Waals surface area contributed by atoms with Crippen molar-refractivity contribution in [2.75, 3.05) is 18.5 Å². The first-order valence-corrected chi connectivity index (χ1v) is 8.45. The topological polar surface area (TPSA) is 41.3 Å². The number of rotatable bonds is 7. The quantitative estimate of drug-likeness (QED) is 0.847. The number of hydrogen-bond acceptors (Lipinski definition) is 5. The monoisotopic (exact) mass is 305 g/mol. The molecule has 0 radical (unpaired) electrons. The van der Waals surface area contributed by atoms with E-state index in [1.165, 1.54) is 23.4 Å². The normalized spacial score (nSPS) is 14.6. The molecule has 0 atom stereocenters. The van der Waals surface area contributed by atoms with Crippen LogP contribution in [0.4, 0.5) is 5.13 Å². The van der Waals surface area contributed by atoms with Gasteiger partial charge in [-0.2, -0.15) is 0 Å². The molecule has 1 N–H and O–H groups in total. The largest absolute Gasteiger partial charge is 0.464 e. The van der Waals surface area contributed by atoms with E-state index in [2.05, 4.69) is 24.2 Å². The Labute approximate surface area is 130 Å². The lowest BCUT2D eigenvalue weighted by Gasteiger charge is -2.13.